The Morgan fingerprint density at radius 3 is 2.38 bits per heavy atom. The van der Waals surface area contributed by atoms with Crippen LogP contribution in [0.4, 0.5) is 4.79 Å². The smallest absolute Gasteiger partial charge is 0.549 e. The Kier molecular flexibility index (Phi) is 13.3. The molecular weight excluding hydrogens is 250 g/mol. The van der Waals surface area contributed by atoms with Crippen LogP contribution in [0.25, 0.3) is 0 Å². The van der Waals surface area contributed by atoms with Crippen molar-refractivity contribution in [3.8, 4) is 0 Å². The minimum absolute atomic E-state index is 0. The van der Waals surface area contributed by atoms with E-state index in [4.69, 9.17) is 0 Å². The summed E-state index contributed by atoms with van der Waals surface area (Å²) in [5.74, 6) is 0. The topological polar surface area (TPSA) is 49.4 Å². The molecule has 0 unspecified atom stereocenters. The fourth-order valence-corrected chi connectivity index (χ4v) is 0.342. The van der Waals surface area contributed by atoms with Crippen molar-refractivity contribution in [1.82, 2.24) is 0 Å². The molecule has 0 amide bonds. The molecule has 0 atom stereocenters. The molecule has 0 saturated carbocycles. The van der Waals surface area contributed by atoms with Gasteiger partial charge in [0, 0.05) is 11.0 Å². The van der Waals surface area contributed by atoms with Crippen LogP contribution in [-0.2, 0) is 4.74 Å². The van der Waals surface area contributed by atoms with E-state index in [1.54, 1.807) is 0 Å². The Hall–Kier alpha value is 1.64. The zero-order valence-corrected chi connectivity index (χ0v) is 9.80. The van der Waals surface area contributed by atoms with Crippen molar-refractivity contribution in [2.24, 2.45) is 0 Å². The molecule has 0 spiro atoms. The van der Waals surface area contributed by atoms with Gasteiger partial charge >= 0.3 is 51.4 Å². The molecule has 0 rings (SSSR count). The first-order valence-electron chi connectivity index (χ1n) is 1.67. The molecule has 8 heavy (non-hydrogen) atoms. The number of rotatable bonds is 2. The van der Waals surface area contributed by atoms with Crippen molar-refractivity contribution < 1.29 is 66.0 Å². The van der Waals surface area contributed by atoms with Gasteiger partial charge < -0.3 is 14.6 Å². The van der Waals surface area contributed by atoms with Crippen LogP contribution in [0, 0.1) is 0 Å². The first-order valence-corrected chi connectivity index (χ1v) is 3.19. The minimum atomic E-state index is -1.45. The van der Waals surface area contributed by atoms with Crippen LogP contribution in [0.1, 0.15) is 0 Å². The van der Waals surface area contributed by atoms with E-state index in [-0.39, 0.29) is 58.0 Å². The molecule has 0 heterocycles. The molecule has 0 fully saturated rings. The molecule has 0 bridgehead atoms. The Morgan fingerprint density at radius 2 is 2.25 bits per heavy atom. The molecule has 0 saturated heterocycles. The molecular formula is C3H4IKO3. The summed E-state index contributed by atoms with van der Waals surface area (Å²) in [5.41, 5.74) is 0. The van der Waals surface area contributed by atoms with E-state index in [0.29, 0.717) is 4.43 Å². The third-order valence-corrected chi connectivity index (χ3v) is 0.737. The predicted octanol–water partition coefficient (Wildman–Crippen LogP) is -3.21. The Morgan fingerprint density at radius 1 is 1.75 bits per heavy atom. The minimum Gasteiger partial charge on any atom is -0.549 e. The van der Waals surface area contributed by atoms with Crippen molar-refractivity contribution in [2.75, 3.05) is 11.0 Å². The third kappa shape index (κ3) is 10.6. The van der Waals surface area contributed by atoms with Gasteiger partial charge in [0.15, 0.2) is 0 Å². The number of hydrogen-bond donors (Lipinski definition) is 0. The van der Waals surface area contributed by atoms with Crippen molar-refractivity contribution in [1.29, 1.82) is 0 Å². The molecule has 5 heteroatoms. The summed E-state index contributed by atoms with van der Waals surface area (Å²) in [6.45, 7) is 0.225. The molecule has 0 N–H and O–H groups in total. The predicted molar refractivity (Wildman–Crippen MR) is 30.2 cm³/mol. The van der Waals surface area contributed by atoms with Gasteiger partial charge in [-0.15, -0.1) is 0 Å². The van der Waals surface area contributed by atoms with E-state index in [0.717, 1.165) is 0 Å². The molecule has 0 aromatic rings. The van der Waals surface area contributed by atoms with Gasteiger partial charge in [0.05, 0.1) is 0 Å². The van der Waals surface area contributed by atoms with E-state index in [9.17, 15) is 9.90 Å². The maximum Gasteiger partial charge on any atom is 1.00 e. The number of carbonyl (C=O) groups is 1. The fraction of sp³-hybridized carbons (Fsp3) is 0.667. The number of alkyl halides is 1. The third-order valence-electron chi connectivity index (χ3n) is 0.297. The number of carbonyl (C=O) groups excluding carboxylic acids is 1. The quantitative estimate of drug-likeness (QED) is 0.225. The summed E-state index contributed by atoms with van der Waals surface area (Å²) in [6, 6.07) is 0. The largest absolute Gasteiger partial charge is 1.00 e. The van der Waals surface area contributed by atoms with Gasteiger partial charge in [-0.1, -0.05) is 22.6 Å². The maximum absolute atomic E-state index is 9.42. The van der Waals surface area contributed by atoms with Crippen molar-refractivity contribution >= 4 is 28.7 Å². The molecule has 0 aliphatic carbocycles. The standard InChI is InChI=1S/C3H5IO3.K/c4-1-2-7-3(5)6;/h1-2H2,(H,5,6);/q;+1/p-1. The molecule has 0 aromatic carbocycles. The zero-order valence-electron chi connectivity index (χ0n) is 4.52. The van der Waals surface area contributed by atoms with E-state index < -0.39 is 6.16 Å². The van der Waals surface area contributed by atoms with E-state index >= 15 is 0 Å². The van der Waals surface area contributed by atoms with Gasteiger partial charge in [0.1, 0.15) is 0 Å². The average molecular weight is 254 g/mol. The molecule has 42 valence electrons. The second kappa shape index (κ2) is 8.64. The summed E-state index contributed by atoms with van der Waals surface area (Å²) >= 11 is 2.00. The Balaban J connectivity index is 0. The number of ether oxygens (including phenoxy) is 1. The van der Waals surface area contributed by atoms with Gasteiger partial charge in [-0.05, 0) is 0 Å². The van der Waals surface area contributed by atoms with E-state index in [2.05, 4.69) is 4.74 Å². The normalized spacial score (nSPS) is 7.12. The van der Waals surface area contributed by atoms with Crippen LogP contribution in [0.15, 0.2) is 0 Å². The number of halogens is 1. The Bertz CT molecular complexity index is 67.5. The first-order chi connectivity index (χ1) is 3.27. The van der Waals surface area contributed by atoms with Crippen LogP contribution in [0.3, 0.4) is 0 Å². The average Bonchev–Trinajstić information content (AvgIpc) is 1.61. The maximum atomic E-state index is 9.42. The van der Waals surface area contributed by atoms with Gasteiger partial charge in [-0.2, -0.15) is 0 Å². The van der Waals surface area contributed by atoms with Crippen LogP contribution in [0.5, 0.6) is 0 Å². The monoisotopic (exact) mass is 254 g/mol. The summed E-state index contributed by atoms with van der Waals surface area (Å²) in [7, 11) is 0. The van der Waals surface area contributed by atoms with Gasteiger partial charge in [0.25, 0.3) is 6.16 Å². The second-order valence-electron chi connectivity index (χ2n) is 0.787. The zero-order chi connectivity index (χ0) is 5.70. The molecule has 0 aliphatic heterocycles. The summed E-state index contributed by atoms with van der Waals surface area (Å²) in [6.07, 6.45) is -1.45. The summed E-state index contributed by atoms with van der Waals surface area (Å²) in [5, 5.41) is 9.42. The van der Waals surface area contributed by atoms with Crippen molar-refractivity contribution in [2.45, 2.75) is 0 Å². The molecule has 0 aliphatic rings. The van der Waals surface area contributed by atoms with Crippen LogP contribution in [-0.4, -0.2) is 17.2 Å². The summed E-state index contributed by atoms with van der Waals surface area (Å²) in [4.78, 5) is 9.42. The number of carboxylic acid groups (broad SMARTS) is 1. The van der Waals surface area contributed by atoms with Crippen molar-refractivity contribution in [3.05, 3.63) is 0 Å². The van der Waals surface area contributed by atoms with Crippen molar-refractivity contribution in [3.63, 3.8) is 0 Å². The molecule has 3 nitrogen and oxygen atoms in total. The number of hydrogen-bond acceptors (Lipinski definition) is 3. The van der Waals surface area contributed by atoms with Gasteiger partial charge in [-0.3, -0.25) is 0 Å². The van der Waals surface area contributed by atoms with Crippen LogP contribution < -0.4 is 56.5 Å². The fourth-order valence-electron chi connectivity index (χ4n) is 0.122. The Labute approximate surface area is 104 Å². The van der Waals surface area contributed by atoms with E-state index in [1.807, 2.05) is 22.6 Å². The van der Waals surface area contributed by atoms with Gasteiger partial charge in [0.2, 0.25) is 0 Å². The van der Waals surface area contributed by atoms with Crippen LogP contribution >= 0.6 is 22.6 Å². The second-order valence-corrected chi connectivity index (χ2v) is 1.87. The van der Waals surface area contributed by atoms with Gasteiger partial charge in [-0.25, -0.2) is 0 Å². The van der Waals surface area contributed by atoms with E-state index in [1.165, 1.54) is 0 Å². The molecule has 0 aromatic heterocycles. The summed E-state index contributed by atoms with van der Waals surface area (Å²) < 4.78 is 4.66. The molecule has 0 radical (unpaired) electrons. The first kappa shape index (κ1) is 12.3. The van der Waals surface area contributed by atoms with Crippen LogP contribution in [0.2, 0.25) is 0 Å². The SMILES string of the molecule is O=C([O-])OCCI.[K+].